The lowest BCUT2D eigenvalue weighted by atomic mass is 10.1. The molecule has 0 unspecified atom stereocenters. The fourth-order valence-corrected chi connectivity index (χ4v) is 4.47. The topological polar surface area (TPSA) is 58.6 Å². The molecule has 4 rings (SSSR count). The summed E-state index contributed by atoms with van der Waals surface area (Å²) >= 11 is 0.847. The van der Waals surface area contributed by atoms with Crippen LogP contribution in [0.2, 0.25) is 0 Å². The molecule has 2 aromatic carbocycles. The summed E-state index contributed by atoms with van der Waals surface area (Å²) in [6.07, 6.45) is -4.69. The molecule has 184 valence electrons. The predicted octanol–water partition coefficient (Wildman–Crippen LogP) is 4.75. The largest absolute Gasteiger partial charge is 0.495 e. The van der Waals surface area contributed by atoms with Gasteiger partial charge in [0.25, 0.3) is 0 Å². The predicted molar refractivity (Wildman–Crippen MR) is 125 cm³/mol. The Labute approximate surface area is 203 Å². The maximum atomic E-state index is 13.4. The van der Waals surface area contributed by atoms with Gasteiger partial charge in [-0.05, 0) is 42.5 Å². The van der Waals surface area contributed by atoms with Crippen molar-refractivity contribution in [1.82, 2.24) is 14.9 Å². The number of anilines is 1. The van der Waals surface area contributed by atoms with Crippen molar-refractivity contribution < 1.29 is 27.1 Å². The van der Waals surface area contributed by atoms with E-state index < -0.39 is 17.7 Å². The molecule has 0 spiro atoms. The summed E-state index contributed by atoms with van der Waals surface area (Å²) in [5.41, 5.74) is 0.155. The summed E-state index contributed by atoms with van der Waals surface area (Å²) < 4.78 is 58.8. The Balaban J connectivity index is 1.42. The summed E-state index contributed by atoms with van der Waals surface area (Å²) in [6, 6.07) is 13.4. The normalized spacial score (nSPS) is 14.2. The van der Waals surface area contributed by atoms with Crippen LogP contribution in [-0.4, -0.2) is 59.8 Å². The molecule has 6 nitrogen and oxygen atoms in total. The van der Waals surface area contributed by atoms with E-state index in [1.807, 2.05) is 24.3 Å². The number of benzene rings is 2. The molecule has 35 heavy (non-hydrogen) atoms. The molecule has 2 heterocycles. The molecule has 0 atom stereocenters. The number of halogens is 4. The molecule has 0 saturated carbocycles. The maximum Gasteiger partial charge on any atom is 0.433 e. The van der Waals surface area contributed by atoms with Gasteiger partial charge >= 0.3 is 6.18 Å². The van der Waals surface area contributed by atoms with Crippen molar-refractivity contribution in [2.75, 3.05) is 43.9 Å². The Hall–Kier alpha value is -3.34. The van der Waals surface area contributed by atoms with Gasteiger partial charge in [0.05, 0.1) is 24.2 Å². The number of aromatic nitrogens is 2. The minimum absolute atomic E-state index is 0.00713. The van der Waals surface area contributed by atoms with E-state index in [9.17, 15) is 22.4 Å². The number of alkyl halides is 3. The third-order valence-electron chi connectivity index (χ3n) is 5.52. The first kappa shape index (κ1) is 24.8. The molecule has 0 N–H and O–H groups in total. The van der Waals surface area contributed by atoms with Gasteiger partial charge in [-0.25, -0.2) is 14.4 Å². The number of ether oxygens (including phenoxy) is 1. The number of amides is 1. The third-order valence-corrected chi connectivity index (χ3v) is 6.35. The molecule has 1 amide bonds. The molecule has 1 saturated heterocycles. The summed E-state index contributed by atoms with van der Waals surface area (Å²) in [5.74, 6) is -0.0656. The van der Waals surface area contributed by atoms with E-state index >= 15 is 0 Å². The monoisotopic (exact) mass is 506 g/mol. The van der Waals surface area contributed by atoms with Crippen LogP contribution in [0.5, 0.6) is 5.75 Å². The highest BCUT2D eigenvalue weighted by atomic mass is 32.2. The highest BCUT2D eigenvalue weighted by Gasteiger charge is 2.34. The first-order valence-electron chi connectivity index (χ1n) is 10.8. The SMILES string of the molecule is COc1ccccc1N1CCN(C(=O)CSc2nc(-c3ccc(F)cc3)cc(C(F)(F)F)n2)CC1. The van der Waals surface area contributed by atoms with Crippen LogP contribution in [0.15, 0.2) is 59.8 Å². The Morgan fingerprint density at radius 2 is 1.71 bits per heavy atom. The number of carbonyl (C=O) groups is 1. The van der Waals surface area contributed by atoms with Crippen molar-refractivity contribution >= 4 is 23.4 Å². The number of rotatable bonds is 6. The molecule has 0 aliphatic carbocycles. The number of hydrogen-bond acceptors (Lipinski definition) is 6. The van der Waals surface area contributed by atoms with Crippen LogP contribution < -0.4 is 9.64 Å². The Morgan fingerprint density at radius 1 is 1.03 bits per heavy atom. The van der Waals surface area contributed by atoms with Crippen molar-refractivity contribution in [3.05, 3.63) is 66.1 Å². The zero-order valence-corrected chi connectivity index (χ0v) is 19.6. The van der Waals surface area contributed by atoms with E-state index in [0.29, 0.717) is 31.7 Å². The number of carbonyl (C=O) groups excluding carboxylic acids is 1. The number of para-hydroxylation sites is 2. The Morgan fingerprint density at radius 3 is 2.37 bits per heavy atom. The van der Waals surface area contributed by atoms with E-state index in [-0.39, 0.29) is 22.5 Å². The van der Waals surface area contributed by atoms with Gasteiger partial charge in [0.15, 0.2) is 5.16 Å². The summed E-state index contributed by atoms with van der Waals surface area (Å²) in [5, 5.41) is -0.167. The molecule has 1 aliphatic heterocycles. The lowest BCUT2D eigenvalue weighted by Crippen LogP contribution is -2.49. The molecule has 1 fully saturated rings. The van der Waals surface area contributed by atoms with Gasteiger partial charge in [0.1, 0.15) is 17.3 Å². The highest BCUT2D eigenvalue weighted by molar-refractivity contribution is 7.99. The van der Waals surface area contributed by atoms with Gasteiger partial charge in [-0.2, -0.15) is 13.2 Å². The van der Waals surface area contributed by atoms with Crippen LogP contribution in [0.25, 0.3) is 11.3 Å². The van der Waals surface area contributed by atoms with Crippen molar-refractivity contribution in [2.45, 2.75) is 11.3 Å². The summed E-state index contributed by atoms with van der Waals surface area (Å²) in [7, 11) is 1.60. The van der Waals surface area contributed by atoms with E-state index in [1.54, 1.807) is 12.0 Å². The quantitative estimate of drug-likeness (QED) is 0.273. The number of thioether (sulfide) groups is 1. The van der Waals surface area contributed by atoms with Crippen LogP contribution in [0, 0.1) is 5.82 Å². The molecule has 0 bridgehead atoms. The molecular weight excluding hydrogens is 484 g/mol. The molecule has 0 radical (unpaired) electrons. The number of hydrogen-bond donors (Lipinski definition) is 0. The minimum Gasteiger partial charge on any atom is -0.495 e. The average Bonchev–Trinajstić information content (AvgIpc) is 2.87. The molecule has 3 aromatic rings. The maximum absolute atomic E-state index is 13.4. The lowest BCUT2D eigenvalue weighted by Gasteiger charge is -2.36. The Bertz CT molecular complexity index is 1180. The fourth-order valence-electron chi connectivity index (χ4n) is 3.71. The van der Waals surface area contributed by atoms with Crippen molar-refractivity contribution in [3.8, 4) is 17.0 Å². The number of methoxy groups -OCH3 is 1. The third kappa shape index (κ3) is 6.02. The molecule has 1 aliphatic rings. The number of piperazine rings is 1. The lowest BCUT2D eigenvalue weighted by molar-refractivity contribution is -0.141. The molecule has 11 heteroatoms. The second-order valence-corrected chi connectivity index (χ2v) is 8.70. The Kier molecular flexibility index (Phi) is 7.44. The van der Waals surface area contributed by atoms with Crippen molar-refractivity contribution in [2.24, 2.45) is 0 Å². The standard InChI is InChI=1S/C24H22F4N4O2S/c1-34-20-5-3-2-4-19(20)31-10-12-32(13-11-31)22(33)15-35-23-29-18(14-21(30-23)24(26,27)28)16-6-8-17(25)9-7-16/h2-9,14H,10-13,15H2,1H3. The zero-order valence-electron chi connectivity index (χ0n) is 18.8. The van der Waals surface area contributed by atoms with E-state index in [0.717, 1.165) is 41.4 Å². The fraction of sp³-hybridized carbons (Fsp3) is 0.292. The number of nitrogens with zero attached hydrogens (tertiary/aromatic N) is 4. The van der Waals surface area contributed by atoms with Crippen LogP contribution >= 0.6 is 11.8 Å². The van der Waals surface area contributed by atoms with E-state index in [4.69, 9.17) is 4.74 Å². The zero-order chi connectivity index (χ0) is 25.0. The van der Waals surface area contributed by atoms with Crippen molar-refractivity contribution in [3.63, 3.8) is 0 Å². The van der Waals surface area contributed by atoms with Gasteiger partial charge in [-0.1, -0.05) is 23.9 Å². The van der Waals surface area contributed by atoms with Crippen LogP contribution in [0.3, 0.4) is 0 Å². The van der Waals surface area contributed by atoms with Gasteiger partial charge < -0.3 is 14.5 Å². The second-order valence-electron chi connectivity index (χ2n) is 7.75. The van der Waals surface area contributed by atoms with Gasteiger partial charge in [-0.3, -0.25) is 4.79 Å². The summed E-state index contributed by atoms with van der Waals surface area (Å²) in [6.45, 7) is 2.15. The smallest absolute Gasteiger partial charge is 0.433 e. The first-order valence-corrected chi connectivity index (χ1v) is 11.7. The van der Waals surface area contributed by atoms with Gasteiger partial charge in [0, 0.05) is 31.7 Å². The second kappa shape index (κ2) is 10.5. The first-order chi connectivity index (χ1) is 16.7. The van der Waals surface area contributed by atoms with E-state index in [1.165, 1.54) is 12.1 Å². The van der Waals surface area contributed by atoms with Crippen molar-refractivity contribution in [1.29, 1.82) is 0 Å². The average molecular weight is 507 g/mol. The van der Waals surface area contributed by atoms with Crippen LogP contribution in [-0.2, 0) is 11.0 Å². The van der Waals surface area contributed by atoms with Crippen LogP contribution in [0.4, 0.5) is 23.2 Å². The van der Waals surface area contributed by atoms with E-state index in [2.05, 4.69) is 14.9 Å². The van der Waals surface area contributed by atoms with Crippen LogP contribution in [0.1, 0.15) is 5.69 Å². The molecule has 1 aromatic heterocycles. The van der Waals surface area contributed by atoms with Gasteiger partial charge in [-0.15, -0.1) is 0 Å². The molecular formula is C24H22F4N4O2S. The highest BCUT2D eigenvalue weighted by Crippen LogP contribution is 2.32. The summed E-state index contributed by atoms with van der Waals surface area (Å²) in [4.78, 5) is 24.3. The minimum atomic E-state index is -4.69. The van der Waals surface area contributed by atoms with Gasteiger partial charge in [0.2, 0.25) is 5.91 Å².